The van der Waals surface area contributed by atoms with E-state index in [0.29, 0.717) is 57.2 Å². The van der Waals surface area contributed by atoms with E-state index in [0.717, 1.165) is 33.4 Å². The molecule has 0 N–H and O–H groups in total. The molecule has 3 aromatic rings. The highest BCUT2D eigenvalue weighted by Crippen LogP contribution is 2.39. The minimum absolute atomic E-state index is 0.0385. The minimum Gasteiger partial charge on any atom is -0.462 e. The number of rotatable bonds is 7. The number of benzene rings is 2. The van der Waals surface area contributed by atoms with Crippen LogP contribution in [0.5, 0.6) is 0 Å². The summed E-state index contributed by atoms with van der Waals surface area (Å²) in [5.41, 5.74) is 2.01. The van der Waals surface area contributed by atoms with Gasteiger partial charge in [0.15, 0.2) is 5.69 Å². The van der Waals surface area contributed by atoms with Gasteiger partial charge in [0.2, 0.25) is 0 Å². The van der Waals surface area contributed by atoms with Crippen LogP contribution in [0.4, 0.5) is 29.3 Å². The molecule has 2 aliphatic heterocycles. The molecule has 9 nitrogen and oxygen atoms in total. The molecule has 1 amide bonds. The number of hydrogen-bond acceptors (Lipinski definition) is 7. The molecule has 0 radical (unpaired) electrons. The van der Waals surface area contributed by atoms with Crippen molar-refractivity contribution in [1.82, 2.24) is 14.7 Å². The number of piperazine rings is 1. The third-order valence-corrected chi connectivity index (χ3v) is 8.19. The van der Waals surface area contributed by atoms with E-state index < -0.39 is 29.4 Å². The van der Waals surface area contributed by atoms with Crippen LogP contribution in [0.2, 0.25) is 5.02 Å². The zero-order chi connectivity index (χ0) is 31.4. The number of amides is 1. The van der Waals surface area contributed by atoms with Crippen LogP contribution in [0, 0.1) is 0 Å². The summed E-state index contributed by atoms with van der Waals surface area (Å²) in [4.78, 5) is 30.3. The Labute approximate surface area is 259 Å². The molecule has 2 saturated heterocycles. The molecule has 13 heteroatoms. The Hall–Kier alpha value is -3.93. The molecule has 3 heterocycles. The van der Waals surface area contributed by atoms with Gasteiger partial charge in [0.05, 0.1) is 25.5 Å². The fourth-order valence-electron chi connectivity index (χ4n) is 5.88. The van der Waals surface area contributed by atoms with Gasteiger partial charge >= 0.3 is 18.2 Å². The first-order chi connectivity index (χ1) is 21.1. The van der Waals surface area contributed by atoms with Gasteiger partial charge in [-0.2, -0.15) is 18.3 Å². The number of hydrogen-bond donors (Lipinski definition) is 0. The normalized spacial score (nSPS) is 17.5. The van der Waals surface area contributed by atoms with Crippen molar-refractivity contribution in [3.8, 4) is 11.1 Å². The summed E-state index contributed by atoms with van der Waals surface area (Å²) >= 11 is 6.42. The van der Waals surface area contributed by atoms with E-state index in [1.165, 1.54) is 0 Å². The third kappa shape index (κ3) is 6.74. The van der Waals surface area contributed by atoms with Crippen molar-refractivity contribution >= 4 is 35.0 Å². The largest absolute Gasteiger partial charge is 0.462 e. The van der Waals surface area contributed by atoms with Crippen LogP contribution in [-0.2, 0) is 15.7 Å². The van der Waals surface area contributed by atoms with Crippen molar-refractivity contribution in [1.29, 1.82) is 0 Å². The second-order valence-corrected chi connectivity index (χ2v) is 11.1. The molecule has 1 aromatic heterocycles. The average molecular weight is 634 g/mol. The Kier molecular flexibility index (Phi) is 9.57. The fourth-order valence-corrected chi connectivity index (χ4v) is 6.04. The lowest BCUT2D eigenvalue weighted by Gasteiger charge is -2.36. The molecule has 1 atom stereocenters. The number of anilines is 2. The lowest BCUT2D eigenvalue weighted by Crippen LogP contribution is -2.49. The van der Waals surface area contributed by atoms with E-state index in [2.05, 4.69) is 10.00 Å². The summed E-state index contributed by atoms with van der Waals surface area (Å²) in [5.74, 6) is -1.04. The number of esters is 1. The molecule has 0 aliphatic carbocycles. The van der Waals surface area contributed by atoms with Gasteiger partial charge in [-0.3, -0.25) is 4.68 Å². The van der Waals surface area contributed by atoms with Gasteiger partial charge in [0.1, 0.15) is 5.56 Å². The van der Waals surface area contributed by atoms with Crippen LogP contribution >= 0.6 is 11.6 Å². The van der Waals surface area contributed by atoms with Gasteiger partial charge in [-0.1, -0.05) is 29.8 Å². The highest BCUT2D eigenvalue weighted by atomic mass is 35.5. The first-order valence-corrected chi connectivity index (χ1v) is 15.1. The van der Waals surface area contributed by atoms with Gasteiger partial charge in [-0.25, -0.2) is 9.59 Å². The van der Waals surface area contributed by atoms with E-state index in [9.17, 15) is 22.8 Å². The van der Waals surface area contributed by atoms with Gasteiger partial charge in [0, 0.05) is 61.2 Å². The molecular formula is C31H35ClF3N5O4. The maximum atomic E-state index is 14.2. The Balaban J connectivity index is 1.36. The van der Waals surface area contributed by atoms with Gasteiger partial charge < -0.3 is 24.2 Å². The summed E-state index contributed by atoms with van der Waals surface area (Å²) in [5, 5.41) is 4.54. The number of halogens is 4. The molecule has 236 valence electrons. The number of piperidine rings is 1. The highest BCUT2D eigenvalue weighted by Gasteiger charge is 2.42. The van der Waals surface area contributed by atoms with Crippen LogP contribution in [0.25, 0.3) is 11.1 Å². The lowest BCUT2D eigenvalue weighted by atomic mass is 9.99. The standard InChI is InChI=1S/C31H35ClF3N5O4/c1-3-43-29(41)26-19-36-40(28(26)31(33,34)35)24-6-5-13-39(20-24)27-18-22(32)9-12-25(27)21-7-10-23(11-8-21)37-14-16-38(17-15-37)30(42)44-4-2/h7-12,18-19,24H,3-6,13-17,20H2,1-2H3. The number of nitrogens with zero attached hydrogens (tertiary/aromatic N) is 5. The lowest BCUT2D eigenvalue weighted by molar-refractivity contribution is -0.145. The molecule has 1 unspecified atom stereocenters. The molecule has 0 spiro atoms. The first-order valence-electron chi connectivity index (χ1n) is 14.7. The van der Waals surface area contributed by atoms with Crippen LogP contribution in [0.3, 0.4) is 0 Å². The summed E-state index contributed by atoms with van der Waals surface area (Å²) in [7, 11) is 0. The maximum Gasteiger partial charge on any atom is 0.433 e. The van der Waals surface area contributed by atoms with Crippen LogP contribution < -0.4 is 9.80 Å². The molecule has 0 bridgehead atoms. The Morgan fingerprint density at radius 1 is 0.955 bits per heavy atom. The SMILES string of the molecule is CCOC(=O)c1cnn(C2CCCN(c3cc(Cl)ccc3-c3ccc(N4CCN(C(=O)OCC)CC4)cc3)C2)c1C(F)(F)F. The van der Waals surface area contributed by atoms with E-state index >= 15 is 0 Å². The van der Waals surface area contributed by atoms with Crippen molar-refractivity contribution in [3.05, 3.63) is 64.9 Å². The minimum atomic E-state index is -4.78. The topological polar surface area (TPSA) is 80.1 Å². The van der Waals surface area contributed by atoms with Crippen LogP contribution in [-0.4, -0.2) is 79.2 Å². The Bertz CT molecular complexity index is 1470. The van der Waals surface area contributed by atoms with E-state index in [1.54, 1.807) is 24.8 Å². The quantitative estimate of drug-likeness (QED) is 0.274. The molecule has 2 aromatic carbocycles. The zero-order valence-corrected chi connectivity index (χ0v) is 25.4. The Morgan fingerprint density at radius 3 is 2.32 bits per heavy atom. The molecule has 44 heavy (non-hydrogen) atoms. The smallest absolute Gasteiger partial charge is 0.433 e. The van der Waals surface area contributed by atoms with E-state index in [-0.39, 0.29) is 19.2 Å². The predicted octanol–water partition coefficient (Wildman–Crippen LogP) is 6.52. The number of carbonyl (C=O) groups excluding carboxylic acids is 2. The van der Waals surface area contributed by atoms with Crippen molar-refractivity contribution in [3.63, 3.8) is 0 Å². The summed E-state index contributed by atoms with van der Waals surface area (Å²) in [6, 6.07) is 13.0. The summed E-state index contributed by atoms with van der Waals surface area (Å²) in [6.45, 7) is 7.04. The second-order valence-electron chi connectivity index (χ2n) is 10.7. The maximum absolute atomic E-state index is 14.2. The molecule has 2 aliphatic rings. The van der Waals surface area contributed by atoms with Crippen molar-refractivity contribution in [2.24, 2.45) is 0 Å². The molecule has 0 saturated carbocycles. The monoisotopic (exact) mass is 633 g/mol. The summed E-state index contributed by atoms with van der Waals surface area (Å²) < 4.78 is 53.5. The molecular weight excluding hydrogens is 599 g/mol. The van der Waals surface area contributed by atoms with Gasteiger partial charge in [-0.15, -0.1) is 0 Å². The van der Waals surface area contributed by atoms with Crippen LogP contribution in [0.15, 0.2) is 48.7 Å². The molecule has 2 fully saturated rings. The van der Waals surface area contributed by atoms with Crippen molar-refractivity contribution in [2.75, 3.05) is 62.3 Å². The van der Waals surface area contributed by atoms with E-state index in [4.69, 9.17) is 21.1 Å². The zero-order valence-electron chi connectivity index (χ0n) is 24.6. The number of aromatic nitrogens is 2. The average Bonchev–Trinajstić information content (AvgIpc) is 3.48. The van der Waals surface area contributed by atoms with Crippen molar-refractivity contribution in [2.45, 2.75) is 38.9 Å². The fraction of sp³-hybridized carbons (Fsp3) is 0.452. The Morgan fingerprint density at radius 2 is 1.66 bits per heavy atom. The second kappa shape index (κ2) is 13.4. The highest BCUT2D eigenvalue weighted by molar-refractivity contribution is 6.31. The van der Waals surface area contributed by atoms with Gasteiger partial charge in [-0.05, 0) is 56.5 Å². The number of carbonyl (C=O) groups is 2. The number of ether oxygens (including phenoxy) is 2. The number of alkyl halides is 3. The molecule has 5 rings (SSSR count). The predicted molar refractivity (Wildman–Crippen MR) is 161 cm³/mol. The third-order valence-electron chi connectivity index (χ3n) is 7.95. The van der Waals surface area contributed by atoms with Crippen LogP contribution in [0.1, 0.15) is 48.8 Å². The first kappa shape index (κ1) is 31.5. The van der Waals surface area contributed by atoms with Gasteiger partial charge in [0.25, 0.3) is 0 Å². The van der Waals surface area contributed by atoms with E-state index in [1.807, 2.05) is 41.3 Å². The summed E-state index contributed by atoms with van der Waals surface area (Å²) in [6.07, 6.45) is -3.03. The van der Waals surface area contributed by atoms with Crippen molar-refractivity contribution < 1.29 is 32.2 Å².